The van der Waals surface area contributed by atoms with Gasteiger partial charge in [0.25, 0.3) is 0 Å². The maximum atomic E-state index is 13.9. The van der Waals surface area contributed by atoms with E-state index < -0.39 is 27.4 Å². The van der Waals surface area contributed by atoms with E-state index in [1.54, 1.807) is 33.7 Å². The van der Waals surface area contributed by atoms with Crippen molar-refractivity contribution in [3.63, 3.8) is 0 Å². The molecule has 1 spiro atoms. The van der Waals surface area contributed by atoms with Crippen molar-refractivity contribution in [3.05, 3.63) is 25.3 Å². The summed E-state index contributed by atoms with van der Waals surface area (Å²) in [6, 6.07) is -0.708. The first-order valence-electron chi connectivity index (χ1n) is 12.0. The van der Waals surface area contributed by atoms with Gasteiger partial charge in [0.15, 0.2) is 0 Å². The van der Waals surface area contributed by atoms with E-state index >= 15 is 0 Å². The highest BCUT2D eigenvalue weighted by molar-refractivity contribution is 8.02. The van der Waals surface area contributed by atoms with Crippen LogP contribution in [0.3, 0.4) is 0 Å². The Morgan fingerprint density at radius 2 is 2.03 bits per heavy atom. The van der Waals surface area contributed by atoms with Gasteiger partial charge >= 0.3 is 5.97 Å². The molecule has 5 atom stereocenters. The van der Waals surface area contributed by atoms with E-state index in [0.29, 0.717) is 39.0 Å². The molecule has 3 heterocycles. The number of aliphatic hydroxyl groups excluding tert-OH is 1. The average Bonchev–Trinajstić information content (AvgIpc) is 3.33. The first kappa shape index (κ1) is 25.8. The van der Waals surface area contributed by atoms with E-state index in [1.807, 2.05) is 20.8 Å². The fraction of sp³-hybridized carbons (Fsp3) is 0.720. The molecule has 0 saturated carbocycles. The fourth-order valence-corrected chi connectivity index (χ4v) is 8.23. The van der Waals surface area contributed by atoms with Crippen molar-refractivity contribution in [1.82, 2.24) is 9.80 Å². The van der Waals surface area contributed by atoms with Crippen LogP contribution >= 0.6 is 11.8 Å². The van der Waals surface area contributed by atoms with Gasteiger partial charge in [0, 0.05) is 30.5 Å². The molecule has 33 heavy (non-hydrogen) atoms. The smallest absolute Gasteiger partial charge is 0.311 e. The van der Waals surface area contributed by atoms with Crippen LogP contribution in [-0.2, 0) is 19.1 Å². The van der Waals surface area contributed by atoms with Crippen molar-refractivity contribution in [1.29, 1.82) is 0 Å². The molecule has 3 aliphatic rings. The van der Waals surface area contributed by atoms with Crippen molar-refractivity contribution < 1.29 is 24.2 Å². The SMILES string of the molecule is C=CCCCOC(=O)[C@H]1[C@H]2C(=O)N(CCCO)C(C(=O)N(CC=C)C(C)C)C23CC[C@]1(C)S3. The molecule has 7 nitrogen and oxygen atoms in total. The molecule has 0 radical (unpaired) electrons. The number of amides is 2. The first-order chi connectivity index (χ1) is 15.7. The number of esters is 1. The normalized spacial score (nSPS) is 32.2. The lowest BCUT2D eigenvalue weighted by Gasteiger charge is -2.38. The molecule has 0 aromatic heterocycles. The van der Waals surface area contributed by atoms with Crippen LogP contribution in [0.5, 0.6) is 0 Å². The van der Waals surface area contributed by atoms with Crippen molar-refractivity contribution in [2.75, 3.05) is 26.3 Å². The van der Waals surface area contributed by atoms with Crippen LogP contribution in [0.4, 0.5) is 0 Å². The Kier molecular flexibility index (Phi) is 7.99. The molecule has 2 unspecified atom stereocenters. The second kappa shape index (κ2) is 10.2. The summed E-state index contributed by atoms with van der Waals surface area (Å²) in [5, 5.41) is 9.44. The number of rotatable bonds is 12. The highest BCUT2D eigenvalue weighted by Crippen LogP contribution is 2.71. The number of thioether (sulfide) groups is 1. The van der Waals surface area contributed by atoms with E-state index in [1.165, 1.54) is 0 Å². The Hall–Kier alpha value is -1.80. The van der Waals surface area contributed by atoms with Crippen molar-refractivity contribution in [2.45, 2.75) is 74.5 Å². The van der Waals surface area contributed by atoms with E-state index in [2.05, 4.69) is 13.2 Å². The van der Waals surface area contributed by atoms with Crippen LogP contribution in [0.1, 0.15) is 52.9 Å². The Bertz CT molecular complexity index is 802. The lowest BCUT2D eigenvalue weighted by molar-refractivity contribution is -0.155. The van der Waals surface area contributed by atoms with Gasteiger partial charge in [-0.15, -0.1) is 24.9 Å². The molecule has 3 aliphatic heterocycles. The number of unbranched alkanes of at least 4 members (excludes halogenated alkanes) is 1. The van der Waals surface area contributed by atoms with Crippen molar-refractivity contribution in [3.8, 4) is 0 Å². The molecule has 8 heteroatoms. The number of fused-ring (bicyclic) bond motifs is 1. The Balaban J connectivity index is 1.97. The monoisotopic (exact) mass is 478 g/mol. The number of allylic oxidation sites excluding steroid dienone is 1. The maximum Gasteiger partial charge on any atom is 0.311 e. The minimum absolute atomic E-state index is 0.0504. The number of nitrogens with zero attached hydrogens (tertiary/aromatic N) is 2. The second-order valence-electron chi connectivity index (χ2n) is 9.81. The molecule has 3 rings (SSSR count). The number of hydrogen-bond donors (Lipinski definition) is 1. The summed E-state index contributed by atoms with van der Waals surface area (Å²) in [5.74, 6) is -1.76. The van der Waals surface area contributed by atoms with E-state index in [0.717, 1.165) is 12.8 Å². The molecule has 184 valence electrons. The van der Waals surface area contributed by atoms with E-state index in [9.17, 15) is 19.5 Å². The summed E-state index contributed by atoms with van der Waals surface area (Å²) >= 11 is 1.64. The molecular weight excluding hydrogens is 440 g/mol. The van der Waals surface area contributed by atoms with Gasteiger partial charge in [-0.1, -0.05) is 12.2 Å². The highest BCUT2D eigenvalue weighted by atomic mass is 32.2. The predicted octanol–water partition coefficient (Wildman–Crippen LogP) is 2.78. The summed E-state index contributed by atoms with van der Waals surface area (Å²) in [4.78, 5) is 44.4. The molecule has 2 bridgehead atoms. The average molecular weight is 479 g/mol. The van der Waals surface area contributed by atoms with Crippen LogP contribution in [0.15, 0.2) is 25.3 Å². The topological polar surface area (TPSA) is 87.1 Å². The van der Waals surface area contributed by atoms with Gasteiger partial charge in [-0.2, -0.15) is 0 Å². The van der Waals surface area contributed by atoms with Crippen molar-refractivity contribution in [2.24, 2.45) is 11.8 Å². The Labute approximate surface area is 201 Å². The third kappa shape index (κ3) is 4.36. The number of carbonyl (C=O) groups is 3. The third-order valence-electron chi connectivity index (χ3n) is 7.35. The molecular formula is C25H38N2O5S. The van der Waals surface area contributed by atoms with Gasteiger partial charge in [-0.05, 0) is 52.9 Å². The number of hydrogen-bond acceptors (Lipinski definition) is 6. The highest BCUT2D eigenvalue weighted by Gasteiger charge is 2.77. The molecule has 0 aromatic rings. The fourth-order valence-electron chi connectivity index (χ4n) is 5.89. The molecule has 0 aliphatic carbocycles. The summed E-state index contributed by atoms with van der Waals surface area (Å²) < 4.78 is 4.53. The van der Waals surface area contributed by atoms with Gasteiger partial charge in [-0.3, -0.25) is 14.4 Å². The van der Waals surface area contributed by atoms with Crippen LogP contribution in [0, 0.1) is 11.8 Å². The number of aliphatic hydroxyl groups is 1. The lowest BCUT2D eigenvalue weighted by atomic mass is 9.66. The lowest BCUT2D eigenvalue weighted by Crippen LogP contribution is -2.56. The number of ether oxygens (including phenoxy) is 1. The second-order valence-corrected chi connectivity index (χ2v) is 11.7. The zero-order chi connectivity index (χ0) is 24.4. The van der Waals surface area contributed by atoms with Gasteiger partial charge < -0.3 is 19.6 Å². The Morgan fingerprint density at radius 1 is 1.30 bits per heavy atom. The van der Waals surface area contributed by atoms with Crippen molar-refractivity contribution >= 4 is 29.5 Å². The van der Waals surface area contributed by atoms with Gasteiger partial charge in [0.1, 0.15) is 6.04 Å². The molecule has 3 fully saturated rings. The van der Waals surface area contributed by atoms with E-state index in [-0.39, 0.29) is 30.4 Å². The zero-order valence-corrected chi connectivity index (χ0v) is 20.9. The largest absolute Gasteiger partial charge is 0.465 e. The first-order valence-corrected chi connectivity index (χ1v) is 12.8. The molecule has 2 amide bonds. The third-order valence-corrected chi connectivity index (χ3v) is 9.34. The van der Waals surface area contributed by atoms with Crippen LogP contribution in [-0.4, -0.2) is 80.6 Å². The summed E-state index contributed by atoms with van der Waals surface area (Å²) in [5.41, 5.74) is 0. The molecule has 1 N–H and O–H groups in total. The number of likely N-dealkylation sites (tertiary alicyclic amines) is 1. The molecule has 0 aromatic carbocycles. The minimum atomic E-state index is -0.658. The summed E-state index contributed by atoms with van der Waals surface area (Å²) in [7, 11) is 0. The standard InChI is InChI=1S/C25H38N2O5S/c1-6-8-9-16-32-23(31)19-18-21(29)27(14-10-15-28)20(22(30)26(13-7-2)17(3)4)25(18)12-11-24(19,5)33-25/h6-7,17-20,28H,1-2,8-16H2,3-5H3/t18-,19+,20?,24-,25?/m0/s1. The minimum Gasteiger partial charge on any atom is -0.465 e. The van der Waals surface area contributed by atoms with Gasteiger partial charge in [0.05, 0.1) is 23.2 Å². The number of carbonyl (C=O) groups excluding carboxylic acids is 3. The van der Waals surface area contributed by atoms with Gasteiger partial charge in [0.2, 0.25) is 11.8 Å². The summed E-state index contributed by atoms with van der Waals surface area (Å²) in [6.07, 6.45) is 6.80. The van der Waals surface area contributed by atoms with E-state index in [4.69, 9.17) is 4.74 Å². The maximum absolute atomic E-state index is 13.9. The predicted molar refractivity (Wildman–Crippen MR) is 130 cm³/mol. The quantitative estimate of drug-likeness (QED) is 0.264. The summed E-state index contributed by atoms with van der Waals surface area (Å²) in [6.45, 7) is 14.4. The van der Waals surface area contributed by atoms with Crippen LogP contribution in [0.25, 0.3) is 0 Å². The van der Waals surface area contributed by atoms with Crippen LogP contribution < -0.4 is 0 Å². The Morgan fingerprint density at radius 3 is 2.64 bits per heavy atom. The zero-order valence-electron chi connectivity index (χ0n) is 20.1. The van der Waals surface area contributed by atoms with Gasteiger partial charge in [-0.25, -0.2) is 0 Å². The molecule has 3 saturated heterocycles. The van der Waals surface area contributed by atoms with Crippen LogP contribution in [0.2, 0.25) is 0 Å².